The van der Waals surface area contributed by atoms with E-state index < -0.39 is 11.7 Å². The Labute approximate surface area is 179 Å². The summed E-state index contributed by atoms with van der Waals surface area (Å²) in [6.45, 7) is 5.35. The van der Waals surface area contributed by atoms with E-state index in [4.69, 9.17) is 30.8 Å². The van der Waals surface area contributed by atoms with Gasteiger partial charge in [-0.15, -0.1) is 0 Å². The first-order valence-electron chi connectivity index (χ1n) is 9.07. The molecule has 0 aliphatic heterocycles. The van der Waals surface area contributed by atoms with Crippen LogP contribution < -0.4 is 14.9 Å². The van der Waals surface area contributed by atoms with E-state index in [0.717, 1.165) is 0 Å². The number of hydrogen-bond acceptors (Lipinski definition) is 7. The van der Waals surface area contributed by atoms with E-state index in [1.54, 1.807) is 64.3 Å². The molecule has 1 N–H and O–H groups in total. The SMILES string of the molecule is COOc1ccc2c(OC)cc(-c3cccc(NC(=O)OC(C)(C)C)n3)nc2c1Cl. The lowest BCUT2D eigenvalue weighted by Gasteiger charge is -2.19. The molecule has 1 amide bonds. The van der Waals surface area contributed by atoms with Crippen LogP contribution in [0, 0.1) is 0 Å². The molecule has 0 aliphatic rings. The highest BCUT2D eigenvalue weighted by atomic mass is 35.5. The van der Waals surface area contributed by atoms with E-state index >= 15 is 0 Å². The Morgan fingerprint density at radius 2 is 1.80 bits per heavy atom. The van der Waals surface area contributed by atoms with Gasteiger partial charge in [0.15, 0.2) is 5.75 Å². The second-order valence-electron chi connectivity index (χ2n) is 7.27. The zero-order valence-corrected chi connectivity index (χ0v) is 18.0. The number of anilines is 1. The maximum Gasteiger partial charge on any atom is 0.413 e. The summed E-state index contributed by atoms with van der Waals surface area (Å²) in [7, 11) is 2.94. The Balaban J connectivity index is 2.02. The molecule has 0 aliphatic carbocycles. The molecule has 0 saturated carbocycles. The molecule has 9 heteroatoms. The third-order valence-electron chi connectivity index (χ3n) is 3.88. The van der Waals surface area contributed by atoms with Gasteiger partial charge < -0.3 is 14.4 Å². The van der Waals surface area contributed by atoms with E-state index in [1.165, 1.54) is 7.11 Å². The summed E-state index contributed by atoms with van der Waals surface area (Å²) in [5, 5.41) is 3.60. The van der Waals surface area contributed by atoms with Gasteiger partial charge in [0.05, 0.1) is 31.1 Å². The molecule has 3 rings (SSSR count). The van der Waals surface area contributed by atoms with Crippen molar-refractivity contribution < 1.29 is 24.0 Å². The van der Waals surface area contributed by atoms with Gasteiger partial charge in [-0.3, -0.25) is 5.32 Å². The Morgan fingerprint density at radius 3 is 2.47 bits per heavy atom. The van der Waals surface area contributed by atoms with Crippen molar-refractivity contribution in [3.63, 3.8) is 0 Å². The molecule has 1 aromatic carbocycles. The van der Waals surface area contributed by atoms with Crippen LogP contribution in [0.3, 0.4) is 0 Å². The van der Waals surface area contributed by atoms with Crippen molar-refractivity contribution in [2.24, 2.45) is 0 Å². The highest BCUT2D eigenvalue weighted by Crippen LogP contribution is 2.38. The molecular formula is C21H22ClN3O5. The van der Waals surface area contributed by atoms with Gasteiger partial charge in [0, 0.05) is 11.5 Å². The average molecular weight is 432 g/mol. The Kier molecular flexibility index (Phi) is 6.28. The fraction of sp³-hybridized carbons (Fsp3) is 0.286. The molecule has 0 unspecified atom stereocenters. The minimum absolute atomic E-state index is 0.275. The lowest BCUT2D eigenvalue weighted by Crippen LogP contribution is -2.27. The Bertz CT molecular complexity index is 1080. The summed E-state index contributed by atoms with van der Waals surface area (Å²) < 4.78 is 10.8. The Hall–Kier alpha value is -3.10. The van der Waals surface area contributed by atoms with E-state index in [-0.39, 0.29) is 5.02 Å². The summed E-state index contributed by atoms with van der Waals surface area (Å²) in [6.07, 6.45) is -0.597. The van der Waals surface area contributed by atoms with E-state index in [9.17, 15) is 4.79 Å². The van der Waals surface area contributed by atoms with Crippen molar-refractivity contribution in [2.75, 3.05) is 19.5 Å². The van der Waals surface area contributed by atoms with Crippen LogP contribution in [0.2, 0.25) is 5.02 Å². The van der Waals surface area contributed by atoms with Gasteiger partial charge in [0.25, 0.3) is 0 Å². The number of aromatic nitrogens is 2. The minimum atomic E-state index is -0.617. The number of amides is 1. The zero-order valence-electron chi connectivity index (χ0n) is 17.3. The van der Waals surface area contributed by atoms with Crippen molar-refractivity contribution in [3.05, 3.63) is 41.4 Å². The average Bonchev–Trinajstić information content (AvgIpc) is 2.68. The van der Waals surface area contributed by atoms with Crippen molar-refractivity contribution in [1.82, 2.24) is 9.97 Å². The van der Waals surface area contributed by atoms with Crippen molar-refractivity contribution in [2.45, 2.75) is 26.4 Å². The minimum Gasteiger partial charge on any atom is -0.496 e. The summed E-state index contributed by atoms with van der Waals surface area (Å²) >= 11 is 6.45. The quantitative estimate of drug-likeness (QED) is 0.436. The number of nitrogens with one attached hydrogen (secondary N) is 1. The molecule has 0 saturated heterocycles. The normalized spacial score (nSPS) is 11.3. The maximum atomic E-state index is 12.0. The van der Waals surface area contributed by atoms with Crippen LogP contribution in [0.1, 0.15) is 20.8 Å². The number of ether oxygens (including phenoxy) is 2. The van der Waals surface area contributed by atoms with Crippen LogP contribution in [-0.2, 0) is 9.62 Å². The topological polar surface area (TPSA) is 91.8 Å². The number of fused-ring (bicyclic) bond motifs is 1. The first-order chi connectivity index (χ1) is 14.2. The highest BCUT2D eigenvalue weighted by Gasteiger charge is 2.18. The number of pyridine rings is 2. The number of methoxy groups -OCH3 is 1. The molecule has 8 nitrogen and oxygen atoms in total. The molecule has 0 spiro atoms. The molecule has 0 bridgehead atoms. The van der Waals surface area contributed by atoms with Crippen molar-refractivity contribution in [3.8, 4) is 22.9 Å². The van der Waals surface area contributed by atoms with Gasteiger partial charge >= 0.3 is 6.09 Å². The molecule has 2 aromatic heterocycles. The van der Waals surface area contributed by atoms with Crippen molar-refractivity contribution in [1.29, 1.82) is 0 Å². The summed E-state index contributed by atoms with van der Waals surface area (Å²) in [4.78, 5) is 30.9. The predicted octanol–water partition coefficient (Wildman–Crippen LogP) is 5.25. The van der Waals surface area contributed by atoms with Crippen LogP contribution in [0.15, 0.2) is 36.4 Å². The van der Waals surface area contributed by atoms with E-state index in [1.807, 2.05) is 0 Å². The predicted molar refractivity (Wildman–Crippen MR) is 114 cm³/mol. The number of nitrogens with zero attached hydrogens (tertiary/aromatic N) is 2. The van der Waals surface area contributed by atoms with Crippen LogP contribution in [0.4, 0.5) is 10.6 Å². The third-order valence-corrected chi connectivity index (χ3v) is 4.25. The highest BCUT2D eigenvalue weighted by molar-refractivity contribution is 6.36. The van der Waals surface area contributed by atoms with Gasteiger partial charge in [-0.2, -0.15) is 4.89 Å². The van der Waals surface area contributed by atoms with Gasteiger partial charge in [-0.05, 0) is 45.0 Å². The molecule has 158 valence electrons. The molecule has 2 heterocycles. The third kappa shape index (κ3) is 4.90. The fourth-order valence-corrected chi connectivity index (χ4v) is 2.96. The lowest BCUT2D eigenvalue weighted by molar-refractivity contribution is -0.177. The molecule has 0 atom stereocenters. The molecule has 3 aromatic rings. The number of halogens is 1. The standard InChI is InChI=1S/C21H22ClN3O5/c1-21(2,3)29-20(26)25-17-8-6-7-13(23-17)14-11-16(27-4)12-9-10-15(30-28-5)18(22)19(12)24-14/h6-11H,1-5H3,(H,23,25,26). The second-order valence-corrected chi connectivity index (χ2v) is 7.65. The van der Waals surface area contributed by atoms with Gasteiger partial charge in [0.2, 0.25) is 0 Å². The number of carbonyl (C=O) groups excluding carboxylic acids is 1. The zero-order chi connectivity index (χ0) is 21.9. The largest absolute Gasteiger partial charge is 0.496 e. The molecule has 0 fully saturated rings. The van der Waals surface area contributed by atoms with Gasteiger partial charge in [-0.1, -0.05) is 17.7 Å². The number of benzene rings is 1. The number of hydrogen-bond donors (Lipinski definition) is 1. The fourth-order valence-electron chi connectivity index (χ4n) is 2.72. The van der Waals surface area contributed by atoms with E-state index in [0.29, 0.717) is 39.6 Å². The first-order valence-corrected chi connectivity index (χ1v) is 9.45. The second kappa shape index (κ2) is 8.73. The van der Waals surface area contributed by atoms with Crippen LogP contribution in [-0.4, -0.2) is 35.9 Å². The van der Waals surface area contributed by atoms with Crippen LogP contribution in [0.5, 0.6) is 11.5 Å². The van der Waals surface area contributed by atoms with Gasteiger partial charge in [0.1, 0.15) is 22.2 Å². The summed E-state index contributed by atoms with van der Waals surface area (Å²) in [5.41, 5.74) is 0.864. The van der Waals surface area contributed by atoms with Crippen LogP contribution in [0.25, 0.3) is 22.3 Å². The molecular weight excluding hydrogens is 410 g/mol. The lowest BCUT2D eigenvalue weighted by atomic mass is 10.1. The monoisotopic (exact) mass is 431 g/mol. The molecule has 0 radical (unpaired) electrons. The van der Waals surface area contributed by atoms with Crippen LogP contribution >= 0.6 is 11.6 Å². The first kappa shape index (κ1) is 21.6. The number of rotatable bonds is 5. The molecule has 30 heavy (non-hydrogen) atoms. The maximum absolute atomic E-state index is 12.0. The Morgan fingerprint density at radius 1 is 1.03 bits per heavy atom. The summed E-state index contributed by atoms with van der Waals surface area (Å²) in [5.74, 6) is 1.21. The number of carbonyl (C=O) groups is 1. The smallest absolute Gasteiger partial charge is 0.413 e. The van der Waals surface area contributed by atoms with Crippen molar-refractivity contribution >= 4 is 34.4 Å². The summed E-state index contributed by atoms with van der Waals surface area (Å²) in [6, 6.07) is 10.4. The van der Waals surface area contributed by atoms with E-state index in [2.05, 4.69) is 15.3 Å². The van der Waals surface area contributed by atoms with Gasteiger partial charge in [-0.25, -0.2) is 14.8 Å².